The maximum absolute atomic E-state index is 12.2. The fourth-order valence-electron chi connectivity index (χ4n) is 2.99. The van der Waals surface area contributed by atoms with E-state index in [0.29, 0.717) is 11.8 Å². The van der Waals surface area contributed by atoms with Crippen LogP contribution in [0.25, 0.3) is 0 Å². The molecule has 0 aliphatic heterocycles. The maximum atomic E-state index is 12.2. The molecule has 2 fully saturated rings. The largest absolute Gasteiger partial charge is 0.323 e. The summed E-state index contributed by atoms with van der Waals surface area (Å²) in [4.78, 5) is 12.0. The summed E-state index contributed by atoms with van der Waals surface area (Å²) in [5, 5.41) is 7.85. The monoisotopic (exact) mass is 348 g/mol. The highest BCUT2D eigenvalue weighted by atomic mass is 35.5. The van der Waals surface area contributed by atoms with Crippen LogP contribution in [0.15, 0.2) is 17.0 Å². The van der Waals surface area contributed by atoms with Gasteiger partial charge in [-0.15, -0.1) is 0 Å². The molecular formula is C13H14Cl2N2O3S. The van der Waals surface area contributed by atoms with Gasteiger partial charge in [0.25, 0.3) is 0 Å². The Labute approximate surface area is 132 Å². The molecular weight excluding hydrogens is 335 g/mol. The third-order valence-electron chi connectivity index (χ3n) is 4.21. The molecule has 2 saturated carbocycles. The molecule has 1 amide bonds. The zero-order valence-corrected chi connectivity index (χ0v) is 13.3. The molecule has 1 aromatic rings. The summed E-state index contributed by atoms with van der Waals surface area (Å²) in [7, 11) is -3.89. The van der Waals surface area contributed by atoms with Gasteiger partial charge in [0, 0.05) is 5.92 Å². The van der Waals surface area contributed by atoms with E-state index in [2.05, 4.69) is 5.32 Å². The smallest absolute Gasteiger partial charge is 0.238 e. The molecule has 21 heavy (non-hydrogen) atoms. The van der Waals surface area contributed by atoms with E-state index in [0.717, 1.165) is 12.8 Å². The van der Waals surface area contributed by atoms with Crippen LogP contribution in [0.2, 0.25) is 10.0 Å². The lowest BCUT2D eigenvalue weighted by molar-refractivity contribution is -0.120. The Morgan fingerprint density at radius 3 is 2.14 bits per heavy atom. The average Bonchev–Trinajstić information content (AvgIpc) is 2.99. The van der Waals surface area contributed by atoms with Crippen LogP contribution in [-0.4, -0.2) is 14.3 Å². The average molecular weight is 349 g/mol. The van der Waals surface area contributed by atoms with Crippen molar-refractivity contribution in [2.45, 2.75) is 24.2 Å². The van der Waals surface area contributed by atoms with E-state index in [1.807, 2.05) is 0 Å². The number of anilines is 1. The molecule has 0 bridgehead atoms. The number of sulfonamides is 1. The standard InChI is InChI=1S/C13H14Cl2N2O3S/c14-10-4-9(21(16,19)20)5-11(15)12(10)17-13(18)8-2-6-1-7(6)3-8/h4-8H,1-3H2,(H,17,18)(H2,16,19,20). The quantitative estimate of drug-likeness (QED) is 0.879. The predicted octanol–water partition coefficient (Wildman–Crippen LogP) is 2.63. The second-order valence-corrected chi connectivity index (χ2v) is 8.10. The number of fused-ring (bicyclic) bond motifs is 1. The molecule has 1 aromatic carbocycles. The maximum Gasteiger partial charge on any atom is 0.238 e. The van der Waals surface area contributed by atoms with Crippen LogP contribution >= 0.6 is 23.2 Å². The van der Waals surface area contributed by atoms with Crippen LogP contribution in [-0.2, 0) is 14.8 Å². The van der Waals surface area contributed by atoms with E-state index in [4.69, 9.17) is 28.3 Å². The molecule has 0 radical (unpaired) electrons. The van der Waals surface area contributed by atoms with Crippen molar-refractivity contribution in [2.75, 3.05) is 5.32 Å². The van der Waals surface area contributed by atoms with Crippen molar-refractivity contribution < 1.29 is 13.2 Å². The van der Waals surface area contributed by atoms with Gasteiger partial charge in [-0.1, -0.05) is 23.2 Å². The Hall–Kier alpha value is -0.820. The van der Waals surface area contributed by atoms with E-state index in [1.165, 1.54) is 18.6 Å². The number of amides is 1. The molecule has 2 aliphatic carbocycles. The van der Waals surface area contributed by atoms with Crippen molar-refractivity contribution in [2.24, 2.45) is 22.9 Å². The lowest BCUT2D eigenvalue weighted by Crippen LogP contribution is -2.22. The van der Waals surface area contributed by atoms with Crippen LogP contribution < -0.4 is 10.5 Å². The van der Waals surface area contributed by atoms with Gasteiger partial charge < -0.3 is 5.32 Å². The first-order chi connectivity index (χ1) is 9.75. The molecule has 2 atom stereocenters. The molecule has 114 valence electrons. The van der Waals surface area contributed by atoms with Crippen LogP contribution in [0.3, 0.4) is 0 Å². The van der Waals surface area contributed by atoms with Crippen LogP contribution in [0.5, 0.6) is 0 Å². The number of primary sulfonamides is 1. The predicted molar refractivity (Wildman–Crippen MR) is 80.8 cm³/mol. The number of nitrogens with one attached hydrogen (secondary N) is 1. The molecule has 0 heterocycles. The minimum absolute atomic E-state index is 0.0150. The molecule has 2 unspecified atom stereocenters. The zero-order valence-electron chi connectivity index (χ0n) is 11.0. The molecule has 0 saturated heterocycles. The number of hydrogen-bond donors (Lipinski definition) is 2. The Kier molecular flexibility index (Phi) is 3.68. The fourth-order valence-corrected chi connectivity index (χ4v) is 4.26. The van der Waals surface area contributed by atoms with Gasteiger partial charge in [-0.05, 0) is 43.2 Å². The SMILES string of the molecule is NS(=O)(=O)c1cc(Cl)c(NC(=O)C2CC3CC3C2)c(Cl)c1. The van der Waals surface area contributed by atoms with Gasteiger partial charge in [0.1, 0.15) is 0 Å². The highest BCUT2D eigenvalue weighted by Gasteiger charge is 2.48. The number of rotatable bonds is 3. The van der Waals surface area contributed by atoms with Gasteiger partial charge in [0.05, 0.1) is 20.6 Å². The Morgan fingerprint density at radius 1 is 1.14 bits per heavy atom. The van der Waals surface area contributed by atoms with Crippen molar-refractivity contribution in [3.63, 3.8) is 0 Å². The summed E-state index contributed by atoms with van der Waals surface area (Å²) in [6.45, 7) is 0. The summed E-state index contributed by atoms with van der Waals surface area (Å²) in [6.07, 6.45) is 3.04. The number of carbonyl (C=O) groups excluding carboxylic acids is 1. The fraction of sp³-hybridized carbons (Fsp3) is 0.462. The van der Waals surface area contributed by atoms with Crippen molar-refractivity contribution in [1.29, 1.82) is 0 Å². The van der Waals surface area contributed by atoms with Crippen LogP contribution in [0.1, 0.15) is 19.3 Å². The number of nitrogens with two attached hydrogens (primary N) is 1. The number of halogens is 2. The summed E-state index contributed by atoms with van der Waals surface area (Å²) < 4.78 is 22.6. The van der Waals surface area contributed by atoms with Crippen molar-refractivity contribution in [3.05, 3.63) is 22.2 Å². The molecule has 3 N–H and O–H groups in total. The third kappa shape index (κ3) is 3.04. The van der Waals surface area contributed by atoms with Crippen LogP contribution in [0, 0.1) is 17.8 Å². The second kappa shape index (κ2) is 5.12. The lowest BCUT2D eigenvalue weighted by atomic mass is 10.0. The van der Waals surface area contributed by atoms with Crippen molar-refractivity contribution in [3.8, 4) is 0 Å². The number of hydrogen-bond acceptors (Lipinski definition) is 3. The minimum atomic E-state index is -3.89. The van der Waals surface area contributed by atoms with Gasteiger partial charge >= 0.3 is 0 Å². The van der Waals surface area contributed by atoms with Crippen molar-refractivity contribution in [1.82, 2.24) is 0 Å². The van der Waals surface area contributed by atoms with E-state index in [9.17, 15) is 13.2 Å². The van der Waals surface area contributed by atoms with Gasteiger partial charge in [-0.2, -0.15) is 0 Å². The van der Waals surface area contributed by atoms with E-state index < -0.39 is 10.0 Å². The summed E-state index contributed by atoms with van der Waals surface area (Å²) in [5.74, 6) is 1.25. The van der Waals surface area contributed by atoms with E-state index in [1.54, 1.807) is 0 Å². The van der Waals surface area contributed by atoms with E-state index >= 15 is 0 Å². The summed E-state index contributed by atoms with van der Waals surface area (Å²) in [6, 6.07) is 2.37. The molecule has 2 aliphatic rings. The summed E-state index contributed by atoms with van der Waals surface area (Å²) in [5.41, 5.74) is 0.233. The minimum Gasteiger partial charge on any atom is -0.323 e. The van der Waals surface area contributed by atoms with Crippen molar-refractivity contribution >= 4 is 44.8 Å². The van der Waals surface area contributed by atoms with Gasteiger partial charge in [0.15, 0.2) is 0 Å². The summed E-state index contributed by atoms with van der Waals surface area (Å²) >= 11 is 12.0. The molecule has 8 heteroatoms. The third-order valence-corrected chi connectivity index (χ3v) is 5.70. The second-order valence-electron chi connectivity index (χ2n) is 5.72. The van der Waals surface area contributed by atoms with Gasteiger partial charge in [0.2, 0.25) is 15.9 Å². The Bertz CT molecular complexity index is 687. The zero-order chi connectivity index (χ0) is 15.4. The van der Waals surface area contributed by atoms with Crippen LogP contribution in [0.4, 0.5) is 5.69 Å². The van der Waals surface area contributed by atoms with Gasteiger partial charge in [-0.25, -0.2) is 13.6 Å². The highest BCUT2D eigenvalue weighted by Crippen LogP contribution is 2.54. The first-order valence-corrected chi connectivity index (χ1v) is 8.88. The van der Waals surface area contributed by atoms with Gasteiger partial charge in [-0.3, -0.25) is 4.79 Å². The Morgan fingerprint density at radius 2 is 1.67 bits per heavy atom. The lowest BCUT2D eigenvalue weighted by Gasteiger charge is -2.15. The van der Waals surface area contributed by atoms with E-state index in [-0.39, 0.29) is 32.5 Å². The Balaban J connectivity index is 1.80. The normalized spacial score (nSPS) is 27.3. The molecule has 3 rings (SSSR count). The highest BCUT2D eigenvalue weighted by molar-refractivity contribution is 7.89. The number of carbonyl (C=O) groups is 1. The first-order valence-electron chi connectivity index (χ1n) is 6.58. The first kappa shape index (κ1) is 15.1. The molecule has 0 spiro atoms. The molecule has 5 nitrogen and oxygen atoms in total. The topological polar surface area (TPSA) is 89.3 Å². The molecule has 0 aromatic heterocycles. The number of benzene rings is 1.